The second kappa shape index (κ2) is 6.32. The van der Waals surface area contributed by atoms with Crippen LogP contribution in [-0.2, 0) is 6.54 Å². The van der Waals surface area contributed by atoms with Crippen LogP contribution in [0.25, 0.3) is 0 Å². The van der Waals surface area contributed by atoms with Crippen LogP contribution in [0.3, 0.4) is 0 Å². The minimum Gasteiger partial charge on any atom is -0.389 e. The van der Waals surface area contributed by atoms with Crippen molar-refractivity contribution in [2.45, 2.75) is 32.9 Å². The van der Waals surface area contributed by atoms with Gasteiger partial charge in [-0.15, -0.1) is 0 Å². The van der Waals surface area contributed by atoms with Gasteiger partial charge in [0.25, 0.3) is 5.69 Å². The second-order valence-corrected chi connectivity index (χ2v) is 5.56. The lowest BCUT2D eigenvalue weighted by atomic mass is 10.1. The SMILES string of the molecule is CCN(Cc1cc([N+](=O)[O-])ccc1Cl)CC(C)(C)O. The molecule has 0 aromatic heterocycles. The largest absolute Gasteiger partial charge is 0.389 e. The number of hydrogen-bond acceptors (Lipinski definition) is 4. The van der Waals surface area contributed by atoms with Crippen LogP contribution >= 0.6 is 11.6 Å². The van der Waals surface area contributed by atoms with Crippen LogP contribution < -0.4 is 0 Å². The number of rotatable bonds is 6. The molecule has 0 fully saturated rings. The van der Waals surface area contributed by atoms with Gasteiger partial charge in [-0.2, -0.15) is 0 Å². The van der Waals surface area contributed by atoms with E-state index in [1.165, 1.54) is 18.2 Å². The van der Waals surface area contributed by atoms with Crippen molar-refractivity contribution in [1.82, 2.24) is 4.90 Å². The quantitative estimate of drug-likeness (QED) is 0.645. The summed E-state index contributed by atoms with van der Waals surface area (Å²) in [6.45, 7) is 7.10. The molecule has 0 heterocycles. The lowest BCUT2D eigenvalue weighted by Crippen LogP contribution is -2.38. The average molecular weight is 287 g/mol. The minimum absolute atomic E-state index is 0.0266. The number of benzene rings is 1. The number of non-ortho nitro benzene ring substituents is 1. The third-order valence-electron chi connectivity index (χ3n) is 2.69. The topological polar surface area (TPSA) is 66.6 Å². The minimum atomic E-state index is -0.816. The molecular weight excluding hydrogens is 268 g/mol. The van der Waals surface area contributed by atoms with E-state index in [1.54, 1.807) is 13.8 Å². The van der Waals surface area contributed by atoms with Crippen molar-refractivity contribution in [3.8, 4) is 0 Å². The Balaban J connectivity index is 2.90. The molecule has 0 amide bonds. The zero-order valence-corrected chi connectivity index (χ0v) is 12.1. The van der Waals surface area contributed by atoms with Gasteiger partial charge in [0, 0.05) is 30.2 Å². The first-order valence-electron chi connectivity index (χ1n) is 6.10. The van der Waals surface area contributed by atoms with Gasteiger partial charge in [0.15, 0.2) is 0 Å². The molecule has 5 nitrogen and oxygen atoms in total. The van der Waals surface area contributed by atoms with Crippen molar-refractivity contribution in [3.05, 3.63) is 38.9 Å². The number of nitro groups is 1. The fourth-order valence-electron chi connectivity index (χ4n) is 1.86. The first kappa shape index (κ1) is 15.9. The highest BCUT2D eigenvalue weighted by Gasteiger charge is 2.19. The van der Waals surface area contributed by atoms with Gasteiger partial charge in [0.05, 0.1) is 10.5 Å². The fourth-order valence-corrected chi connectivity index (χ4v) is 2.04. The number of halogens is 1. The summed E-state index contributed by atoms with van der Waals surface area (Å²) >= 11 is 6.06. The second-order valence-electron chi connectivity index (χ2n) is 5.15. The summed E-state index contributed by atoms with van der Waals surface area (Å²) in [7, 11) is 0. The summed E-state index contributed by atoms with van der Waals surface area (Å²) in [4.78, 5) is 12.3. The van der Waals surface area contributed by atoms with Crippen LogP contribution in [0.1, 0.15) is 26.3 Å². The number of hydrogen-bond donors (Lipinski definition) is 1. The Hall–Kier alpha value is -1.17. The van der Waals surface area contributed by atoms with Crippen LogP contribution in [0.2, 0.25) is 5.02 Å². The molecule has 0 aliphatic heterocycles. The van der Waals surface area contributed by atoms with Crippen LogP contribution in [-0.4, -0.2) is 33.6 Å². The molecule has 0 bridgehead atoms. The third kappa shape index (κ3) is 5.14. The van der Waals surface area contributed by atoms with E-state index < -0.39 is 10.5 Å². The highest BCUT2D eigenvalue weighted by atomic mass is 35.5. The summed E-state index contributed by atoms with van der Waals surface area (Å²) in [5, 5.41) is 21.1. The highest BCUT2D eigenvalue weighted by molar-refractivity contribution is 6.31. The van der Waals surface area contributed by atoms with Gasteiger partial charge in [0.2, 0.25) is 0 Å². The molecule has 0 aliphatic rings. The third-order valence-corrected chi connectivity index (χ3v) is 3.06. The van der Waals surface area contributed by atoms with E-state index >= 15 is 0 Å². The molecule has 0 saturated heterocycles. The Morgan fingerprint density at radius 2 is 2.11 bits per heavy atom. The van der Waals surface area contributed by atoms with Gasteiger partial charge in [-0.25, -0.2) is 0 Å². The average Bonchev–Trinajstić information content (AvgIpc) is 2.28. The van der Waals surface area contributed by atoms with Gasteiger partial charge in [-0.05, 0) is 32.0 Å². The molecule has 6 heteroatoms. The standard InChI is InChI=1S/C13H19ClN2O3/c1-4-15(9-13(2,3)17)8-10-7-11(16(18)19)5-6-12(10)14/h5-7,17H,4,8-9H2,1-3H3. The van der Waals surface area contributed by atoms with Crippen LogP contribution in [0.15, 0.2) is 18.2 Å². The van der Waals surface area contributed by atoms with E-state index in [-0.39, 0.29) is 5.69 Å². The zero-order valence-electron chi connectivity index (χ0n) is 11.4. The molecule has 0 atom stereocenters. The van der Waals surface area contributed by atoms with Crippen molar-refractivity contribution in [2.24, 2.45) is 0 Å². The Bertz CT molecular complexity index is 458. The molecule has 106 valence electrons. The molecule has 1 N–H and O–H groups in total. The number of nitrogens with zero attached hydrogens (tertiary/aromatic N) is 2. The Morgan fingerprint density at radius 1 is 1.47 bits per heavy atom. The highest BCUT2D eigenvalue weighted by Crippen LogP contribution is 2.23. The maximum Gasteiger partial charge on any atom is 0.269 e. The summed E-state index contributed by atoms with van der Waals surface area (Å²) in [5.74, 6) is 0. The smallest absolute Gasteiger partial charge is 0.269 e. The van der Waals surface area contributed by atoms with Gasteiger partial charge < -0.3 is 5.11 Å². The van der Waals surface area contributed by atoms with Crippen molar-refractivity contribution in [1.29, 1.82) is 0 Å². The predicted molar refractivity (Wildman–Crippen MR) is 75.4 cm³/mol. The molecule has 0 aliphatic carbocycles. The van der Waals surface area contributed by atoms with Crippen LogP contribution in [0.5, 0.6) is 0 Å². The number of nitro benzene ring substituents is 1. The monoisotopic (exact) mass is 286 g/mol. The normalized spacial score (nSPS) is 11.9. The lowest BCUT2D eigenvalue weighted by Gasteiger charge is -2.28. The van der Waals surface area contributed by atoms with Crippen molar-refractivity contribution >= 4 is 17.3 Å². The van der Waals surface area contributed by atoms with Crippen LogP contribution in [0, 0.1) is 10.1 Å². The van der Waals surface area contributed by atoms with Crippen molar-refractivity contribution in [2.75, 3.05) is 13.1 Å². The molecule has 0 spiro atoms. The number of likely N-dealkylation sites (N-methyl/N-ethyl adjacent to an activating group) is 1. The van der Waals surface area contributed by atoms with E-state index in [0.29, 0.717) is 23.7 Å². The molecule has 0 unspecified atom stereocenters. The van der Waals surface area contributed by atoms with Gasteiger partial charge in [0.1, 0.15) is 0 Å². The summed E-state index contributed by atoms with van der Waals surface area (Å²) in [6.07, 6.45) is 0. The Labute approximate surface area is 117 Å². The van der Waals surface area contributed by atoms with E-state index in [0.717, 1.165) is 6.54 Å². The van der Waals surface area contributed by atoms with Gasteiger partial charge in [-0.1, -0.05) is 18.5 Å². The fraction of sp³-hybridized carbons (Fsp3) is 0.538. The van der Waals surface area contributed by atoms with E-state index in [9.17, 15) is 15.2 Å². The predicted octanol–water partition coefficient (Wildman–Crippen LogP) is 2.84. The molecule has 0 saturated carbocycles. The maximum atomic E-state index is 10.8. The van der Waals surface area contributed by atoms with Crippen LogP contribution in [0.4, 0.5) is 5.69 Å². The Morgan fingerprint density at radius 3 is 2.58 bits per heavy atom. The molecule has 19 heavy (non-hydrogen) atoms. The maximum absolute atomic E-state index is 10.8. The molecule has 1 aromatic carbocycles. The number of aliphatic hydroxyl groups is 1. The van der Waals surface area contributed by atoms with Gasteiger partial charge in [-0.3, -0.25) is 15.0 Å². The van der Waals surface area contributed by atoms with E-state index in [2.05, 4.69) is 0 Å². The summed E-state index contributed by atoms with van der Waals surface area (Å²) in [5.41, 5.74) is -0.0934. The zero-order chi connectivity index (χ0) is 14.6. The Kier molecular flexibility index (Phi) is 5.29. The van der Waals surface area contributed by atoms with E-state index in [4.69, 9.17) is 11.6 Å². The molecule has 0 radical (unpaired) electrons. The summed E-state index contributed by atoms with van der Waals surface area (Å²) in [6, 6.07) is 4.40. The molecule has 1 aromatic rings. The van der Waals surface area contributed by atoms with Crippen molar-refractivity contribution < 1.29 is 10.0 Å². The molecular formula is C13H19ClN2O3. The van der Waals surface area contributed by atoms with Crippen molar-refractivity contribution in [3.63, 3.8) is 0 Å². The van der Waals surface area contributed by atoms with E-state index in [1.807, 2.05) is 11.8 Å². The van der Waals surface area contributed by atoms with Gasteiger partial charge >= 0.3 is 0 Å². The lowest BCUT2D eigenvalue weighted by molar-refractivity contribution is -0.384. The summed E-state index contributed by atoms with van der Waals surface area (Å²) < 4.78 is 0. The molecule has 1 rings (SSSR count). The first-order valence-corrected chi connectivity index (χ1v) is 6.48. The first-order chi connectivity index (χ1) is 8.73.